The van der Waals surface area contributed by atoms with E-state index in [1.54, 1.807) is 25.0 Å². The van der Waals surface area contributed by atoms with Crippen molar-refractivity contribution in [3.05, 3.63) is 96.4 Å². The van der Waals surface area contributed by atoms with Crippen LogP contribution in [0.3, 0.4) is 0 Å². The number of aromatic nitrogens is 6. The molecule has 4 heterocycles. The van der Waals surface area contributed by atoms with Crippen molar-refractivity contribution in [1.82, 2.24) is 29.9 Å². The highest BCUT2D eigenvalue weighted by molar-refractivity contribution is 5.55. The zero-order chi connectivity index (χ0) is 25.6. The van der Waals surface area contributed by atoms with Gasteiger partial charge in [-0.1, -0.05) is 0 Å². The highest BCUT2D eigenvalue weighted by Gasteiger charge is 2.20. The van der Waals surface area contributed by atoms with Crippen molar-refractivity contribution in [3.8, 4) is 11.4 Å². The van der Waals surface area contributed by atoms with Crippen molar-refractivity contribution >= 4 is 0 Å². The third-order valence-electron chi connectivity index (χ3n) is 5.48. The lowest BCUT2D eigenvalue weighted by Gasteiger charge is -2.20. The molecule has 0 amide bonds. The van der Waals surface area contributed by atoms with Crippen molar-refractivity contribution in [2.75, 3.05) is 19.8 Å². The first-order chi connectivity index (χ1) is 17.5. The standard InChI is InChI=1S/C22H20N6.C4H11NO3/c1(3-19-7-9-23-15-27-19)17-5-11-25-21(13-17)22-14-18(6-12-26-22)2-4-20-8-10-24-16-28-20;5-4(1-6,2-7)3-8/h5-16H,1-4H2;6-8H,1-3,5H2. The number of aliphatic hydroxyl groups is 3. The van der Waals surface area contributed by atoms with E-state index in [1.165, 1.54) is 11.1 Å². The molecule has 0 radical (unpaired) electrons. The molecule has 4 rings (SSSR count). The van der Waals surface area contributed by atoms with E-state index in [-0.39, 0.29) is 0 Å². The number of hydrogen-bond acceptors (Lipinski definition) is 10. The number of aryl methyl sites for hydroxylation is 4. The topological polar surface area (TPSA) is 164 Å². The molecule has 0 bridgehead atoms. The molecule has 0 saturated heterocycles. The Hall–Kier alpha value is -3.70. The van der Waals surface area contributed by atoms with Gasteiger partial charge < -0.3 is 21.1 Å². The molecule has 10 nitrogen and oxygen atoms in total. The molecule has 4 aromatic heterocycles. The number of hydrogen-bond donors (Lipinski definition) is 4. The average Bonchev–Trinajstić information content (AvgIpc) is 2.96. The predicted molar refractivity (Wildman–Crippen MR) is 135 cm³/mol. The second kappa shape index (κ2) is 14.0. The van der Waals surface area contributed by atoms with Crippen molar-refractivity contribution in [1.29, 1.82) is 0 Å². The van der Waals surface area contributed by atoms with Crippen LogP contribution in [0, 0.1) is 0 Å². The van der Waals surface area contributed by atoms with Gasteiger partial charge in [-0.2, -0.15) is 0 Å². The molecule has 0 atom stereocenters. The fourth-order valence-electron chi connectivity index (χ4n) is 3.17. The molecule has 10 heteroatoms. The number of nitrogens with two attached hydrogens (primary N) is 1. The highest BCUT2D eigenvalue weighted by Crippen LogP contribution is 2.18. The largest absolute Gasteiger partial charge is 0.394 e. The molecule has 0 aliphatic carbocycles. The molecule has 4 aromatic rings. The Balaban J connectivity index is 0.000000392. The van der Waals surface area contributed by atoms with Crippen molar-refractivity contribution in [2.45, 2.75) is 31.2 Å². The van der Waals surface area contributed by atoms with E-state index in [4.69, 9.17) is 21.1 Å². The fraction of sp³-hybridized carbons (Fsp3) is 0.308. The Morgan fingerprint density at radius 1 is 0.583 bits per heavy atom. The highest BCUT2D eigenvalue weighted by atomic mass is 16.3. The van der Waals surface area contributed by atoms with Crippen LogP contribution in [0.15, 0.2) is 73.8 Å². The van der Waals surface area contributed by atoms with Gasteiger partial charge >= 0.3 is 0 Å². The molecule has 0 aromatic carbocycles. The van der Waals surface area contributed by atoms with Crippen LogP contribution < -0.4 is 5.73 Å². The van der Waals surface area contributed by atoms with Gasteiger partial charge in [0, 0.05) is 36.2 Å². The van der Waals surface area contributed by atoms with Crippen LogP contribution in [0.25, 0.3) is 11.4 Å². The van der Waals surface area contributed by atoms with Gasteiger partial charge in [-0.25, -0.2) is 19.9 Å². The third kappa shape index (κ3) is 8.51. The minimum atomic E-state index is -1.21. The molecule has 0 saturated carbocycles. The molecule has 5 N–H and O–H groups in total. The summed E-state index contributed by atoms with van der Waals surface area (Å²) in [5.74, 6) is 0. The van der Waals surface area contributed by atoms with E-state index >= 15 is 0 Å². The summed E-state index contributed by atoms with van der Waals surface area (Å²) in [5.41, 5.74) is 10.2. The Kier molecular flexibility index (Phi) is 10.5. The quantitative estimate of drug-likeness (QED) is 0.252. The van der Waals surface area contributed by atoms with Crippen molar-refractivity contribution < 1.29 is 15.3 Å². The van der Waals surface area contributed by atoms with Crippen LogP contribution >= 0.6 is 0 Å². The second-order valence-corrected chi connectivity index (χ2v) is 8.34. The lowest BCUT2D eigenvalue weighted by atomic mass is 10.0. The molecule has 0 fully saturated rings. The number of pyridine rings is 2. The normalized spacial score (nSPS) is 11.0. The Morgan fingerprint density at radius 2 is 1.03 bits per heavy atom. The summed E-state index contributed by atoms with van der Waals surface area (Å²) >= 11 is 0. The van der Waals surface area contributed by atoms with E-state index < -0.39 is 25.4 Å². The molecule has 0 spiro atoms. The van der Waals surface area contributed by atoms with Gasteiger partial charge in [0.1, 0.15) is 12.7 Å². The summed E-state index contributed by atoms with van der Waals surface area (Å²) in [6.07, 6.45) is 14.0. The van der Waals surface area contributed by atoms with Crippen LogP contribution in [0.2, 0.25) is 0 Å². The van der Waals surface area contributed by atoms with Gasteiger partial charge in [-0.05, 0) is 73.2 Å². The SMILES string of the molecule is NC(CO)(CO)CO.c1cc(CCc2ccnc(-c3cc(CCc4ccncn4)ccn3)c2)ncn1. The third-order valence-corrected chi connectivity index (χ3v) is 5.48. The van der Waals surface area contributed by atoms with Crippen LogP contribution in [-0.4, -0.2) is 70.6 Å². The lowest BCUT2D eigenvalue weighted by molar-refractivity contribution is 0.0697. The summed E-state index contributed by atoms with van der Waals surface area (Å²) in [4.78, 5) is 25.5. The van der Waals surface area contributed by atoms with Gasteiger partial charge in [-0.3, -0.25) is 9.97 Å². The summed E-state index contributed by atoms with van der Waals surface area (Å²) < 4.78 is 0. The molecule has 188 valence electrons. The van der Waals surface area contributed by atoms with Gasteiger partial charge in [0.2, 0.25) is 0 Å². The Morgan fingerprint density at radius 3 is 1.36 bits per heavy atom. The predicted octanol–water partition coefficient (Wildman–Crippen LogP) is 0.955. The Bertz CT molecular complexity index is 1080. The van der Waals surface area contributed by atoms with Crippen LogP contribution in [0.4, 0.5) is 0 Å². The second-order valence-electron chi connectivity index (χ2n) is 8.34. The van der Waals surface area contributed by atoms with E-state index in [0.717, 1.165) is 48.5 Å². The molecule has 36 heavy (non-hydrogen) atoms. The summed E-state index contributed by atoms with van der Waals surface area (Å²) in [6, 6.07) is 12.2. The van der Waals surface area contributed by atoms with Gasteiger partial charge in [0.25, 0.3) is 0 Å². The maximum absolute atomic E-state index is 8.34. The summed E-state index contributed by atoms with van der Waals surface area (Å²) in [7, 11) is 0. The van der Waals surface area contributed by atoms with E-state index in [2.05, 4.69) is 42.0 Å². The first-order valence-corrected chi connectivity index (χ1v) is 11.6. The van der Waals surface area contributed by atoms with Gasteiger partial charge in [-0.15, -0.1) is 0 Å². The van der Waals surface area contributed by atoms with E-state index in [1.807, 2.05) is 36.7 Å². The van der Waals surface area contributed by atoms with Crippen molar-refractivity contribution in [2.24, 2.45) is 5.73 Å². The lowest BCUT2D eigenvalue weighted by Crippen LogP contribution is -2.50. The molecular weight excluding hydrogens is 458 g/mol. The van der Waals surface area contributed by atoms with Crippen molar-refractivity contribution in [3.63, 3.8) is 0 Å². The molecule has 0 aliphatic heterocycles. The molecule has 0 unspecified atom stereocenters. The number of rotatable bonds is 10. The first-order valence-electron chi connectivity index (χ1n) is 11.6. The number of nitrogens with zero attached hydrogens (tertiary/aromatic N) is 6. The minimum Gasteiger partial charge on any atom is -0.394 e. The fourth-order valence-corrected chi connectivity index (χ4v) is 3.17. The zero-order valence-corrected chi connectivity index (χ0v) is 20.0. The van der Waals surface area contributed by atoms with Crippen LogP contribution in [0.1, 0.15) is 22.5 Å². The summed E-state index contributed by atoms with van der Waals surface area (Å²) in [6.45, 7) is -1.21. The zero-order valence-electron chi connectivity index (χ0n) is 20.0. The summed E-state index contributed by atoms with van der Waals surface area (Å²) in [5, 5.41) is 25.0. The van der Waals surface area contributed by atoms with Gasteiger partial charge in [0.05, 0.1) is 36.7 Å². The maximum atomic E-state index is 8.34. The average molecular weight is 490 g/mol. The monoisotopic (exact) mass is 489 g/mol. The molecule has 0 aliphatic rings. The number of aliphatic hydroxyl groups excluding tert-OH is 3. The van der Waals surface area contributed by atoms with Gasteiger partial charge in [0.15, 0.2) is 0 Å². The first kappa shape index (κ1) is 26.9. The van der Waals surface area contributed by atoms with Crippen LogP contribution in [0.5, 0.6) is 0 Å². The van der Waals surface area contributed by atoms with E-state index in [9.17, 15) is 0 Å². The Labute approximate surface area is 210 Å². The molecular formula is C26H31N7O3. The van der Waals surface area contributed by atoms with E-state index in [0.29, 0.717) is 0 Å². The van der Waals surface area contributed by atoms with Crippen LogP contribution in [-0.2, 0) is 25.7 Å². The minimum absolute atomic E-state index is 0.403. The smallest absolute Gasteiger partial charge is 0.115 e. The maximum Gasteiger partial charge on any atom is 0.115 e.